The lowest BCUT2D eigenvalue weighted by Crippen LogP contribution is -2.30. The van der Waals surface area contributed by atoms with Crippen LogP contribution in [0.3, 0.4) is 0 Å². The van der Waals surface area contributed by atoms with Crippen LogP contribution in [0, 0.1) is 0 Å². The first-order chi connectivity index (χ1) is 41.0. The molecule has 0 radical (unpaired) electrons. The fraction of sp³-hybridized carbons (Fsp3) is 0.701. The molecule has 0 aromatic rings. The second-order valence-electron chi connectivity index (χ2n) is 23.1. The summed E-state index contributed by atoms with van der Waals surface area (Å²) in [5.41, 5.74) is 0. The summed E-state index contributed by atoms with van der Waals surface area (Å²) < 4.78 is 17.0. The summed E-state index contributed by atoms with van der Waals surface area (Å²) in [5.74, 6) is -0.901. The Hall–Kier alpha value is -4.19. The molecule has 83 heavy (non-hydrogen) atoms. The van der Waals surface area contributed by atoms with Gasteiger partial charge in [0.05, 0.1) is 0 Å². The van der Waals surface area contributed by atoms with E-state index in [4.69, 9.17) is 14.2 Å². The SMILES string of the molecule is CC/C=C\C/C=C\C/C=C\C/C=C\C/C=C\CCCCCCCCCCCC(=O)OCC(COC(=O)CCCCCCCCCCC/C=C\C/C=C\CCCCC)OC(=O)CCCCCCCC/C=C\C/C=C\C/C=C\CCCCCCC. The van der Waals surface area contributed by atoms with Gasteiger partial charge >= 0.3 is 17.9 Å². The molecule has 1 atom stereocenters. The van der Waals surface area contributed by atoms with Gasteiger partial charge < -0.3 is 14.2 Å². The second-order valence-corrected chi connectivity index (χ2v) is 23.1. The molecule has 6 nitrogen and oxygen atoms in total. The number of ether oxygens (including phenoxy) is 3. The molecule has 0 bridgehead atoms. The Kier molecular flexibility index (Phi) is 66.7. The molecular weight excluding hydrogens is 1020 g/mol. The smallest absolute Gasteiger partial charge is 0.306 e. The van der Waals surface area contributed by atoms with Crippen molar-refractivity contribution in [2.75, 3.05) is 13.2 Å². The number of allylic oxidation sites excluding steroid dienone is 20. The first-order valence-corrected chi connectivity index (χ1v) is 35.0. The summed E-state index contributed by atoms with van der Waals surface area (Å²) in [6.07, 6.45) is 97.7. The maximum Gasteiger partial charge on any atom is 0.306 e. The van der Waals surface area contributed by atoms with Gasteiger partial charge in [0.1, 0.15) is 13.2 Å². The highest BCUT2D eigenvalue weighted by atomic mass is 16.6. The molecule has 0 aromatic carbocycles. The standard InChI is InChI=1S/C77H130O6/c1-4-7-10-13-16-19-22-25-28-31-34-36-37-38-39-41-43-46-49-52-55-58-61-64-67-70-76(79)82-73-74(72-81-75(78)69-66-63-60-57-54-51-48-45-42-33-30-27-24-21-18-15-12-9-6-3)83-77(80)71-68-65-62-59-56-53-50-47-44-40-35-32-29-26-23-20-17-14-11-8-5-2/h7,10,16,18-19,21,23,25-28,30,32,34-36,38-39,44,47,74H,4-6,8-9,11-15,17,20,22,24,29,31,33,37,40-43,45-46,48-73H2,1-3H3/b10-7-,19-16-,21-18-,26-23-,28-25-,30-27-,35-32-,36-34-,39-38-,47-44-. The lowest BCUT2D eigenvalue weighted by atomic mass is 10.1. The van der Waals surface area contributed by atoms with Gasteiger partial charge in [0.2, 0.25) is 0 Å². The van der Waals surface area contributed by atoms with Crippen molar-refractivity contribution in [2.24, 2.45) is 0 Å². The van der Waals surface area contributed by atoms with Crippen LogP contribution >= 0.6 is 0 Å². The summed E-state index contributed by atoms with van der Waals surface area (Å²) in [6, 6.07) is 0. The maximum atomic E-state index is 13.0. The average molecular weight is 1150 g/mol. The third-order valence-electron chi connectivity index (χ3n) is 14.9. The normalized spacial score (nSPS) is 12.9. The molecule has 0 amide bonds. The van der Waals surface area contributed by atoms with Crippen LogP contribution in [0.15, 0.2) is 122 Å². The molecule has 0 aromatic heterocycles. The highest BCUT2D eigenvalue weighted by Gasteiger charge is 2.19. The van der Waals surface area contributed by atoms with Crippen LogP contribution in [-0.4, -0.2) is 37.2 Å². The first kappa shape index (κ1) is 78.8. The van der Waals surface area contributed by atoms with Gasteiger partial charge in [0.15, 0.2) is 6.10 Å². The lowest BCUT2D eigenvalue weighted by molar-refractivity contribution is -0.167. The zero-order chi connectivity index (χ0) is 59.9. The van der Waals surface area contributed by atoms with Gasteiger partial charge in [0.25, 0.3) is 0 Å². The number of unbranched alkanes of at least 4 members (excludes halogenated alkanes) is 32. The molecule has 0 aliphatic carbocycles. The highest BCUT2D eigenvalue weighted by Crippen LogP contribution is 2.16. The summed E-state index contributed by atoms with van der Waals surface area (Å²) in [7, 11) is 0. The predicted octanol–water partition coefficient (Wildman–Crippen LogP) is 24.3. The Labute approximate surface area is 513 Å². The third kappa shape index (κ3) is 68.5. The largest absolute Gasteiger partial charge is 0.462 e. The van der Waals surface area contributed by atoms with Crippen LogP contribution in [0.25, 0.3) is 0 Å². The minimum absolute atomic E-state index is 0.0887. The molecule has 0 fully saturated rings. The third-order valence-corrected chi connectivity index (χ3v) is 14.9. The van der Waals surface area contributed by atoms with Gasteiger partial charge in [-0.2, -0.15) is 0 Å². The van der Waals surface area contributed by atoms with Crippen molar-refractivity contribution >= 4 is 17.9 Å². The molecule has 1 unspecified atom stereocenters. The molecule has 0 N–H and O–H groups in total. The van der Waals surface area contributed by atoms with E-state index in [0.717, 1.165) is 128 Å². The topological polar surface area (TPSA) is 78.9 Å². The van der Waals surface area contributed by atoms with E-state index in [1.165, 1.54) is 161 Å². The average Bonchev–Trinajstić information content (AvgIpc) is 3.50. The lowest BCUT2D eigenvalue weighted by Gasteiger charge is -2.18. The fourth-order valence-electron chi connectivity index (χ4n) is 9.68. The van der Waals surface area contributed by atoms with Gasteiger partial charge in [-0.3, -0.25) is 14.4 Å². The van der Waals surface area contributed by atoms with Crippen molar-refractivity contribution in [3.05, 3.63) is 122 Å². The van der Waals surface area contributed by atoms with E-state index in [9.17, 15) is 14.4 Å². The molecule has 0 saturated carbocycles. The summed E-state index contributed by atoms with van der Waals surface area (Å²) >= 11 is 0. The van der Waals surface area contributed by atoms with Gasteiger partial charge in [-0.1, -0.05) is 296 Å². The van der Waals surface area contributed by atoms with Crippen LogP contribution in [0.2, 0.25) is 0 Å². The van der Waals surface area contributed by atoms with E-state index < -0.39 is 6.10 Å². The summed E-state index contributed by atoms with van der Waals surface area (Å²) in [6.45, 7) is 6.50. The first-order valence-electron chi connectivity index (χ1n) is 35.0. The fourth-order valence-corrected chi connectivity index (χ4v) is 9.68. The molecule has 0 rings (SSSR count). The minimum atomic E-state index is -0.795. The Balaban J connectivity index is 4.43. The van der Waals surface area contributed by atoms with E-state index in [-0.39, 0.29) is 31.1 Å². The monoisotopic (exact) mass is 1150 g/mol. The molecule has 6 heteroatoms. The zero-order valence-corrected chi connectivity index (χ0v) is 54.4. The van der Waals surface area contributed by atoms with Gasteiger partial charge in [-0.15, -0.1) is 0 Å². The number of carbonyl (C=O) groups is 3. The van der Waals surface area contributed by atoms with E-state index in [1.54, 1.807) is 0 Å². The van der Waals surface area contributed by atoms with Crippen molar-refractivity contribution in [1.29, 1.82) is 0 Å². The van der Waals surface area contributed by atoms with Crippen LogP contribution in [-0.2, 0) is 28.6 Å². The van der Waals surface area contributed by atoms with Gasteiger partial charge in [-0.05, 0) is 135 Å². The zero-order valence-electron chi connectivity index (χ0n) is 54.4. The molecule has 474 valence electrons. The van der Waals surface area contributed by atoms with Crippen molar-refractivity contribution in [3.63, 3.8) is 0 Å². The van der Waals surface area contributed by atoms with Crippen molar-refractivity contribution in [2.45, 2.75) is 335 Å². The van der Waals surface area contributed by atoms with Crippen molar-refractivity contribution in [1.82, 2.24) is 0 Å². The van der Waals surface area contributed by atoms with Crippen LogP contribution in [0.1, 0.15) is 329 Å². The van der Waals surface area contributed by atoms with Crippen LogP contribution < -0.4 is 0 Å². The minimum Gasteiger partial charge on any atom is -0.462 e. The number of hydrogen-bond donors (Lipinski definition) is 0. The van der Waals surface area contributed by atoms with Crippen molar-refractivity contribution in [3.8, 4) is 0 Å². The Morgan fingerprint density at radius 2 is 0.470 bits per heavy atom. The summed E-state index contributed by atoms with van der Waals surface area (Å²) in [4.78, 5) is 38.5. The summed E-state index contributed by atoms with van der Waals surface area (Å²) in [5, 5.41) is 0. The van der Waals surface area contributed by atoms with E-state index >= 15 is 0 Å². The molecule has 0 heterocycles. The Bertz CT molecular complexity index is 1700. The number of hydrogen-bond acceptors (Lipinski definition) is 6. The molecule has 0 aliphatic rings. The van der Waals surface area contributed by atoms with E-state index in [1.807, 2.05) is 0 Å². The van der Waals surface area contributed by atoms with E-state index in [0.29, 0.717) is 19.3 Å². The quantitative estimate of drug-likeness (QED) is 0.0261. The molecule has 0 aliphatic heterocycles. The van der Waals surface area contributed by atoms with E-state index in [2.05, 4.69) is 142 Å². The predicted molar refractivity (Wildman–Crippen MR) is 362 cm³/mol. The second kappa shape index (κ2) is 70.3. The molecular formula is C77H130O6. The number of esters is 3. The number of rotatable bonds is 63. The highest BCUT2D eigenvalue weighted by molar-refractivity contribution is 5.71. The van der Waals surface area contributed by atoms with Gasteiger partial charge in [-0.25, -0.2) is 0 Å². The molecule has 0 saturated heterocycles. The number of carbonyl (C=O) groups excluding carboxylic acids is 3. The van der Waals surface area contributed by atoms with Gasteiger partial charge in [0, 0.05) is 19.3 Å². The van der Waals surface area contributed by atoms with Crippen LogP contribution in [0.4, 0.5) is 0 Å². The maximum absolute atomic E-state index is 13.0. The van der Waals surface area contributed by atoms with Crippen LogP contribution in [0.5, 0.6) is 0 Å². The molecule has 0 spiro atoms. The van der Waals surface area contributed by atoms with Crippen molar-refractivity contribution < 1.29 is 28.6 Å². The Morgan fingerprint density at radius 1 is 0.253 bits per heavy atom. The Morgan fingerprint density at radius 3 is 0.759 bits per heavy atom.